The van der Waals surface area contributed by atoms with E-state index in [2.05, 4.69) is 22.3 Å². The maximum absolute atomic E-state index is 14.1. The third-order valence-electron chi connectivity index (χ3n) is 5.66. The van der Waals surface area contributed by atoms with E-state index in [-0.39, 0.29) is 18.4 Å². The Kier molecular flexibility index (Phi) is 13.1. The fraction of sp³-hybridized carbons (Fsp3) is 0.643. The molecule has 2 unspecified atom stereocenters. The van der Waals surface area contributed by atoms with Crippen molar-refractivity contribution in [1.29, 1.82) is 0 Å². The predicted molar refractivity (Wildman–Crippen MR) is 143 cm³/mol. The van der Waals surface area contributed by atoms with Gasteiger partial charge in [0.1, 0.15) is 24.2 Å². The largest absolute Gasteiger partial charge is 0.468 e. The minimum atomic E-state index is -0.995. The molecular formula is C28H45N3O6. The van der Waals surface area contributed by atoms with Crippen molar-refractivity contribution < 1.29 is 28.7 Å². The molecule has 0 aliphatic heterocycles. The molecule has 2 N–H and O–H groups in total. The molecule has 0 radical (unpaired) electrons. The van der Waals surface area contributed by atoms with Gasteiger partial charge in [-0.25, -0.2) is 4.79 Å². The summed E-state index contributed by atoms with van der Waals surface area (Å²) in [5.74, 6) is -1.38. The molecule has 0 fully saturated rings. The molecule has 0 spiro atoms. The first-order valence-corrected chi connectivity index (χ1v) is 13.0. The van der Waals surface area contributed by atoms with E-state index >= 15 is 0 Å². The molecule has 1 rings (SSSR count). The highest BCUT2D eigenvalue weighted by molar-refractivity contribution is 5.93. The molecule has 0 saturated carbocycles. The Hall–Kier alpha value is -3.10. The second-order valence-corrected chi connectivity index (χ2v) is 10.6. The van der Waals surface area contributed by atoms with Crippen LogP contribution in [-0.2, 0) is 23.9 Å². The number of methoxy groups -OCH3 is 1. The molecule has 0 bridgehead atoms. The van der Waals surface area contributed by atoms with Crippen molar-refractivity contribution in [3.05, 3.63) is 35.4 Å². The topological polar surface area (TPSA) is 114 Å². The van der Waals surface area contributed by atoms with Crippen LogP contribution in [0.3, 0.4) is 0 Å². The number of nitrogens with one attached hydrogen (secondary N) is 2. The van der Waals surface area contributed by atoms with Crippen LogP contribution >= 0.6 is 0 Å². The van der Waals surface area contributed by atoms with Crippen molar-refractivity contribution in [3.8, 4) is 0 Å². The van der Waals surface area contributed by atoms with Crippen molar-refractivity contribution in [2.45, 2.75) is 91.8 Å². The van der Waals surface area contributed by atoms with Crippen LogP contribution < -0.4 is 10.6 Å². The molecule has 3 amide bonds. The zero-order valence-electron chi connectivity index (χ0n) is 23.7. The number of amides is 3. The van der Waals surface area contributed by atoms with Crippen molar-refractivity contribution in [1.82, 2.24) is 15.5 Å². The van der Waals surface area contributed by atoms with Crippen molar-refractivity contribution in [3.63, 3.8) is 0 Å². The molecule has 0 aromatic heterocycles. The lowest BCUT2D eigenvalue weighted by Crippen LogP contribution is -2.54. The molecule has 208 valence electrons. The number of benzene rings is 1. The van der Waals surface area contributed by atoms with Gasteiger partial charge in [0.25, 0.3) is 0 Å². The number of nitrogens with zero attached hydrogens (tertiary/aromatic N) is 1. The molecule has 0 aliphatic carbocycles. The number of hydrogen-bond acceptors (Lipinski definition) is 6. The lowest BCUT2D eigenvalue weighted by Gasteiger charge is -2.35. The number of carbonyl (C=O) groups excluding carboxylic acids is 4. The van der Waals surface area contributed by atoms with Crippen molar-refractivity contribution in [2.75, 3.05) is 20.2 Å². The Bertz CT molecular complexity index is 909. The quantitative estimate of drug-likeness (QED) is 0.297. The first-order valence-electron chi connectivity index (χ1n) is 13.0. The molecule has 0 aliphatic rings. The maximum Gasteiger partial charge on any atom is 0.408 e. The van der Waals surface area contributed by atoms with Gasteiger partial charge in [-0.05, 0) is 57.6 Å². The molecule has 9 heteroatoms. The van der Waals surface area contributed by atoms with Crippen molar-refractivity contribution >= 4 is 23.9 Å². The number of hydrogen-bond donors (Lipinski definition) is 2. The van der Waals surface area contributed by atoms with E-state index in [9.17, 15) is 19.2 Å². The van der Waals surface area contributed by atoms with Crippen molar-refractivity contribution in [2.24, 2.45) is 5.92 Å². The Balaban J connectivity index is 3.49. The van der Waals surface area contributed by atoms with E-state index in [1.54, 1.807) is 26.8 Å². The lowest BCUT2D eigenvalue weighted by atomic mass is 9.96. The first-order chi connectivity index (χ1) is 17.3. The summed E-state index contributed by atoms with van der Waals surface area (Å²) in [5.41, 5.74) is 0.748. The van der Waals surface area contributed by atoms with Gasteiger partial charge in [0.15, 0.2) is 0 Å². The van der Waals surface area contributed by atoms with E-state index in [1.807, 2.05) is 39.0 Å². The third kappa shape index (κ3) is 11.2. The highest BCUT2D eigenvalue weighted by Crippen LogP contribution is 2.27. The van der Waals surface area contributed by atoms with Gasteiger partial charge < -0.3 is 25.0 Å². The van der Waals surface area contributed by atoms with Gasteiger partial charge >= 0.3 is 12.1 Å². The standard InChI is InChI=1S/C28H45N3O6/c1-9-10-13-16-31(26(34)22(17-19(2)3)30-27(35)37-28(5,6)7)24(21-15-12-11-14-20(21)4)25(33)29-18-23(32)36-8/h11-12,14-15,19,22,24H,9-10,13,16-18H2,1-8H3,(H,29,33)(H,30,35). The fourth-order valence-electron chi connectivity index (χ4n) is 3.91. The Morgan fingerprint density at radius 1 is 1.05 bits per heavy atom. The molecule has 2 atom stereocenters. The Morgan fingerprint density at radius 3 is 2.24 bits per heavy atom. The normalized spacial score (nSPS) is 12.9. The molecule has 9 nitrogen and oxygen atoms in total. The minimum absolute atomic E-state index is 0.0893. The Labute approximate surface area is 221 Å². The van der Waals surface area contributed by atoms with E-state index in [1.165, 1.54) is 12.0 Å². The van der Waals surface area contributed by atoms with Crippen LogP contribution in [0.25, 0.3) is 0 Å². The molecule has 37 heavy (non-hydrogen) atoms. The summed E-state index contributed by atoms with van der Waals surface area (Å²) in [7, 11) is 1.24. The van der Waals surface area contributed by atoms with Gasteiger partial charge in [0, 0.05) is 6.54 Å². The number of rotatable bonds is 13. The number of carbonyl (C=O) groups is 4. The van der Waals surface area contributed by atoms with E-state index < -0.39 is 35.7 Å². The second-order valence-electron chi connectivity index (χ2n) is 10.6. The monoisotopic (exact) mass is 519 g/mol. The first kappa shape index (κ1) is 31.9. The average molecular weight is 520 g/mol. The van der Waals surface area contributed by atoms with Gasteiger partial charge in [0.05, 0.1) is 7.11 Å². The van der Waals surface area contributed by atoms with Gasteiger partial charge in [-0.3, -0.25) is 14.4 Å². The van der Waals surface area contributed by atoms with Crippen LogP contribution in [0.15, 0.2) is 24.3 Å². The zero-order valence-corrected chi connectivity index (χ0v) is 23.7. The maximum atomic E-state index is 14.1. The number of unbranched alkanes of at least 4 members (excludes halogenated alkanes) is 2. The van der Waals surface area contributed by atoms with E-state index in [4.69, 9.17) is 4.74 Å². The molecule has 0 heterocycles. The molecule has 1 aromatic rings. The summed E-state index contributed by atoms with van der Waals surface area (Å²) in [6.45, 7) is 13.1. The van der Waals surface area contributed by atoms with Crippen LogP contribution in [0.1, 0.15) is 84.4 Å². The SMILES string of the molecule is CCCCCN(C(=O)C(CC(C)C)NC(=O)OC(C)(C)C)C(C(=O)NCC(=O)OC)c1ccccc1C. The summed E-state index contributed by atoms with van der Waals surface area (Å²) in [5, 5.41) is 5.35. The minimum Gasteiger partial charge on any atom is -0.468 e. The number of esters is 1. The Morgan fingerprint density at radius 2 is 1.70 bits per heavy atom. The average Bonchev–Trinajstić information content (AvgIpc) is 2.80. The van der Waals surface area contributed by atoms with Crippen LogP contribution in [0.2, 0.25) is 0 Å². The zero-order chi connectivity index (χ0) is 28.2. The third-order valence-corrected chi connectivity index (χ3v) is 5.66. The second kappa shape index (κ2) is 15.2. The fourth-order valence-corrected chi connectivity index (χ4v) is 3.91. The van der Waals surface area contributed by atoms with Crippen LogP contribution in [-0.4, -0.2) is 60.6 Å². The number of aryl methyl sites for hydroxylation is 1. The predicted octanol–water partition coefficient (Wildman–Crippen LogP) is 4.28. The molecular weight excluding hydrogens is 474 g/mol. The van der Waals surface area contributed by atoms with Gasteiger partial charge in [0.2, 0.25) is 11.8 Å². The van der Waals surface area contributed by atoms with Crippen LogP contribution in [0, 0.1) is 12.8 Å². The van der Waals surface area contributed by atoms with Gasteiger partial charge in [-0.2, -0.15) is 0 Å². The van der Waals surface area contributed by atoms with Gasteiger partial charge in [-0.1, -0.05) is 57.9 Å². The summed E-state index contributed by atoms with van der Waals surface area (Å²) >= 11 is 0. The molecule has 1 aromatic carbocycles. The number of alkyl carbamates (subject to hydrolysis) is 1. The smallest absolute Gasteiger partial charge is 0.408 e. The summed E-state index contributed by atoms with van der Waals surface area (Å²) in [6.07, 6.45) is 2.14. The van der Waals surface area contributed by atoms with Gasteiger partial charge in [-0.15, -0.1) is 0 Å². The van der Waals surface area contributed by atoms with Crippen LogP contribution in [0.5, 0.6) is 0 Å². The molecule has 0 saturated heterocycles. The highest BCUT2D eigenvalue weighted by atomic mass is 16.6. The summed E-state index contributed by atoms with van der Waals surface area (Å²) in [6, 6.07) is 5.45. The number of ether oxygens (including phenoxy) is 2. The summed E-state index contributed by atoms with van der Waals surface area (Å²) < 4.78 is 10.1. The lowest BCUT2D eigenvalue weighted by molar-refractivity contribution is -0.145. The van der Waals surface area contributed by atoms with E-state index in [0.717, 1.165) is 18.4 Å². The summed E-state index contributed by atoms with van der Waals surface area (Å²) in [4.78, 5) is 53.5. The van der Waals surface area contributed by atoms with E-state index in [0.29, 0.717) is 24.9 Å². The van der Waals surface area contributed by atoms with Crippen LogP contribution in [0.4, 0.5) is 4.79 Å². The highest BCUT2D eigenvalue weighted by Gasteiger charge is 2.37.